The van der Waals surface area contributed by atoms with Gasteiger partial charge in [-0.15, -0.1) is 0 Å². The molecule has 1 atom stereocenters. The number of aliphatic hydroxyl groups excluding tert-OH is 1. The summed E-state index contributed by atoms with van der Waals surface area (Å²) in [6.45, 7) is 2.94. The molecule has 0 saturated carbocycles. The van der Waals surface area contributed by atoms with Crippen molar-refractivity contribution in [2.45, 2.75) is 20.0 Å². The van der Waals surface area contributed by atoms with Gasteiger partial charge in [-0.25, -0.2) is 4.79 Å². The molecule has 5 nitrogen and oxygen atoms in total. The molecule has 0 aromatic rings. The van der Waals surface area contributed by atoms with E-state index in [4.69, 9.17) is 5.21 Å². The van der Waals surface area contributed by atoms with E-state index in [1.165, 1.54) is 13.8 Å². The van der Waals surface area contributed by atoms with Crippen molar-refractivity contribution in [3.8, 4) is 0 Å². The molecule has 1 rings (SSSR count). The van der Waals surface area contributed by atoms with E-state index in [1.807, 2.05) is 0 Å². The molecular weight excluding hydrogens is 162 g/mol. The first-order valence-corrected chi connectivity index (χ1v) is 3.41. The third kappa shape index (κ3) is 1.13. The van der Waals surface area contributed by atoms with Crippen LogP contribution in [0.15, 0.2) is 16.5 Å². The Balaban J connectivity index is 3.09. The van der Waals surface area contributed by atoms with E-state index in [0.29, 0.717) is 0 Å². The van der Waals surface area contributed by atoms with E-state index in [0.717, 1.165) is 0 Å². The smallest absolute Gasteiger partial charge is 0.344 e. The predicted octanol–water partition coefficient (Wildman–Crippen LogP) is 0.594. The average molecular weight is 171 g/mol. The van der Waals surface area contributed by atoms with Crippen LogP contribution in [0.2, 0.25) is 0 Å². The molecule has 12 heavy (non-hydrogen) atoms. The van der Waals surface area contributed by atoms with Crippen LogP contribution in [-0.4, -0.2) is 28.1 Å². The Kier molecular flexibility index (Phi) is 2.03. The summed E-state index contributed by atoms with van der Waals surface area (Å²) in [6.07, 6.45) is -0.649. The summed E-state index contributed by atoms with van der Waals surface area (Å²) in [6, 6.07) is 0. The van der Waals surface area contributed by atoms with Crippen molar-refractivity contribution in [2.24, 2.45) is 5.16 Å². The standard InChI is InChI=1S/C7H9NO4/c1-3(8-11)5-6(9)4(2)12-7(5)10/h4,9,11H,1-2H3/b8-3+. The van der Waals surface area contributed by atoms with Crippen molar-refractivity contribution in [3.05, 3.63) is 11.3 Å². The number of hydrogen-bond donors (Lipinski definition) is 2. The molecule has 2 N–H and O–H groups in total. The van der Waals surface area contributed by atoms with Gasteiger partial charge in [0.25, 0.3) is 0 Å². The molecule has 0 aliphatic carbocycles. The van der Waals surface area contributed by atoms with Gasteiger partial charge in [-0.05, 0) is 13.8 Å². The number of rotatable bonds is 1. The molecule has 1 unspecified atom stereocenters. The number of nitrogens with zero attached hydrogens (tertiary/aromatic N) is 1. The van der Waals surface area contributed by atoms with Crippen molar-refractivity contribution in [1.29, 1.82) is 0 Å². The SMILES string of the molecule is C/C(=N\O)C1=C(O)C(C)OC1=O. The fourth-order valence-corrected chi connectivity index (χ4v) is 0.966. The highest BCUT2D eigenvalue weighted by molar-refractivity contribution is 6.20. The molecule has 66 valence electrons. The van der Waals surface area contributed by atoms with Gasteiger partial charge in [-0.3, -0.25) is 0 Å². The molecule has 5 heteroatoms. The number of carbonyl (C=O) groups excluding carboxylic acids is 1. The highest BCUT2D eigenvalue weighted by Gasteiger charge is 2.32. The summed E-state index contributed by atoms with van der Waals surface area (Å²) in [5.74, 6) is -0.842. The topological polar surface area (TPSA) is 79.1 Å². The van der Waals surface area contributed by atoms with Crippen molar-refractivity contribution < 1.29 is 19.8 Å². The summed E-state index contributed by atoms with van der Waals surface area (Å²) in [7, 11) is 0. The second kappa shape index (κ2) is 2.84. The van der Waals surface area contributed by atoms with Gasteiger partial charge in [0.1, 0.15) is 11.3 Å². The summed E-state index contributed by atoms with van der Waals surface area (Å²) in [4.78, 5) is 11.0. The molecule has 0 amide bonds. The molecule has 0 aromatic heterocycles. The Morgan fingerprint density at radius 1 is 1.67 bits per heavy atom. The molecular formula is C7H9NO4. The average Bonchev–Trinajstić information content (AvgIpc) is 2.26. The zero-order chi connectivity index (χ0) is 9.30. The quantitative estimate of drug-likeness (QED) is 0.262. The molecule has 0 aromatic carbocycles. The van der Waals surface area contributed by atoms with Gasteiger partial charge < -0.3 is 15.1 Å². The molecule has 0 spiro atoms. The Morgan fingerprint density at radius 2 is 2.25 bits per heavy atom. The van der Waals surface area contributed by atoms with E-state index < -0.39 is 12.1 Å². The normalized spacial score (nSPS) is 24.7. The van der Waals surface area contributed by atoms with Crippen LogP contribution >= 0.6 is 0 Å². The van der Waals surface area contributed by atoms with E-state index in [2.05, 4.69) is 9.89 Å². The van der Waals surface area contributed by atoms with E-state index in [1.54, 1.807) is 0 Å². The number of hydrogen-bond acceptors (Lipinski definition) is 5. The van der Waals surface area contributed by atoms with Crippen molar-refractivity contribution in [3.63, 3.8) is 0 Å². The van der Waals surface area contributed by atoms with E-state index >= 15 is 0 Å². The Hall–Kier alpha value is -1.52. The maximum atomic E-state index is 11.0. The highest BCUT2D eigenvalue weighted by atomic mass is 16.6. The molecule has 0 bridgehead atoms. The van der Waals surface area contributed by atoms with Crippen LogP contribution in [0.1, 0.15) is 13.8 Å². The number of cyclic esters (lactones) is 1. The predicted molar refractivity (Wildman–Crippen MR) is 40.1 cm³/mol. The molecule has 0 fully saturated rings. The molecule has 1 aliphatic heterocycles. The second-order valence-electron chi connectivity index (χ2n) is 2.49. The van der Waals surface area contributed by atoms with Crippen molar-refractivity contribution in [2.75, 3.05) is 0 Å². The van der Waals surface area contributed by atoms with Gasteiger partial charge in [0.2, 0.25) is 0 Å². The van der Waals surface area contributed by atoms with Crippen LogP contribution in [0.25, 0.3) is 0 Å². The van der Waals surface area contributed by atoms with Gasteiger partial charge in [0.05, 0.1) is 5.71 Å². The molecule has 1 aliphatic rings. The first-order chi connectivity index (χ1) is 5.57. The summed E-state index contributed by atoms with van der Waals surface area (Å²) in [5, 5.41) is 20.4. The van der Waals surface area contributed by atoms with Crippen LogP contribution in [0.5, 0.6) is 0 Å². The van der Waals surface area contributed by atoms with Gasteiger partial charge >= 0.3 is 5.97 Å². The van der Waals surface area contributed by atoms with Gasteiger partial charge in [-0.1, -0.05) is 5.16 Å². The largest absolute Gasteiger partial charge is 0.507 e. The Morgan fingerprint density at radius 3 is 2.58 bits per heavy atom. The van der Waals surface area contributed by atoms with E-state index in [-0.39, 0.29) is 17.0 Å². The number of oxime groups is 1. The van der Waals surface area contributed by atoms with E-state index in [9.17, 15) is 9.90 Å². The maximum absolute atomic E-state index is 11.0. The molecule has 0 saturated heterocycles. The minimum Gasteiger partial charge on any atom is -0.507 e. The number of ether oxygens (including phenoxy) is 1. The maximum Gasteiger partial charge on any atom is 0.344 e. The molecule has 0 radical (unpaired) electrons. The highest BCUT2D eigenvalue weighted by Crippen LogP contribution is 2.20. The Labute approximate surface area is 68.9 Å². The van der Waals surface area contributed by atoms with Crippen molar-refractivity contribution >= 4 is 11.7 Å². The summed E-state index contributed by atoms with van der Waals surface area (Å²) < 4.78 is 4.65. The lowest BCUT2D eigenvalue weighted by Crippen LogP contribution is -2.08. The van der Waals surface area contributed by atoms with Crippen LogP contribution in [0, 0.1) is 0 Å². The van der Waals surface area contributed by atoms with Gasteiger partial charge in [0.15, 0.2) is 6.10 Å². The fraction of sp³-hybridized carbons (Fsp3) is 0.429. The third-order valence-electron chi connectivity index (χ3n) is 1.64. The lowest BCUT2D eigenvalue weighted by molar-refractivity contribution is -0.139. The zero-order valence-electron chi connectivity index (χ0n) is 6.74. The zero-order valence-corrected chi connectivity index (χ0v) is 6.74. The van der Waals surface area contributed by atoms with Crippen LogP contribution < -0.4 is 0 Å². The minimum absolute atomic E-state index is 0.0509. The van der Waals surface area contributed by atoms with Crippen LogP contribution in [-0.2, 0) is 9.53 Å². The minimum atomic E-state index is -0.657. The number of aliphatic hydroxyl groups is 1. The summed E-state index contributed by atoms with van der Waals surface area (Å²) in [5.41, 5.74) is 0.00634. The van der Waals surface area contributed by atoms with Gasteiger partial charge in [0, 0.05) is 0 Å². The summed E-state index contributed by atoms with van der Waals surface area (Å²) >= 11 is 0. The first kappa shape index (κ1) is 8.58. The second-order valence-corrected chi connectivity index (χ2v) is 2.49. The number of esters is 1. The monoisotopic (exact) mass is 171 g/mol. The first-order valence-electron chi connectivity index (χ1n) is 3.41. The molecule has 1 heterocycles. The lowest BCUT2D eigenvalue weighted by Gasteiger charge is -1.99. The Bertz CT molecular complexity index is 279. The van der Waals surface area contributed by atoms with Crippen LogP contribution in [0.4, 0.5) is 0 Å². The third-order valence-corrected chi connectivity index (χ3v) is 1.64. The van der Waals surface area contributed by atoms with Crippen LogP contribution in [0.3, 0.4) is 0 Å². The number of carbonyl (C=O) groups is 1. The fourth-order valence-electron chi connectivity index (χ4n) is 0.966. The van der Waals surface area contributed by atoms with Crippen molar-refractivity contribution in [1.82, 2.24) is 0 Å². The lowest BCUT2D eigenvalue weighted by atomic mass is 10.1. The van der Waals surface area contributed by atoms with Gasteiger partial charge in [-0.2, -0.15) is 0 Å².